The van der Waals surface area contributed by atoms with Crippen LogP contribution in [0.25, 0.3) is 0 Å². The van der Waals surface area contributed by atoms with E-state index in [9.17, 15) is 13.6 Å². The number of alkyl halides is 2. The topological polar surface area (TPSA) is 52.9 Å². The lowest BCUT2D eigenvalue weighted by atomic mass is 10.2. The zero-order valence-corrected chi connectivity index (χ0v) is 7.00. The molecule has 72 valence electrons. The molecule has 1 N–H and O–H groups in total. The van der Waals surface area contributed by atoms with Gasteiger partial charge in [0, 0.05) is 5.69 Å². The summed E-state index contributed by atoms with van der Waals surface area (Å²) < 4.78 is 23.6. The molecule has 14 heavy (non-hydrogen) atoms. The molecule has 0 aliphatic rings. The second kappa shape index (κ2) is 4.33. The maximum atomic E-state index is 11.8. The third-order valence-electron chi connectivity index (χ3n) is 1.46. The molecule has 1 aromatic carbocycles. The fourth-order valence-corrected chi connectivity index (χ4v) is 0.863. The molecule has 0 bridgehead atoms. The minimum absolute atomic E-state index is 0.189. The number of nitrogens with zero attached hydrogens (tertiary/aromatic N) is 1. The van der Waals surface area contributed by atoms with Crippen molar-refractivity contribution in [3.63, 3.8) is 0 Å². The van der Waals surface area contributed by atoms with Gasteiger partial charge in [0.15, 0.2) is 0 Å². The van der Waals surface area contributed by atoms with E-state index in [1.165, 1.54) is 24.3 Å². The van der Waals surface area contributed by atoms with E-state index in [0.717, 1.165) is 0 Å². The van der Waals surface area contributed by atoms with Gasteiger partial charge >= 0.3 is 6.43 Å². The van der Waals surface area contributed by atoms with Gasteiger partial charge in [-0.25, -0.2) is 0 Å². The van der Waals surface area contributed by atoms with Gasteiger partial charge in [-0.3, -0.25) is 4.79 Å². The Morgan fingerprint density at radius 1 is 1.50 bits per heavy atom. The van der Waals surface area contributed by atoms with Crippen molar-refractivity contribution in [3.05, 3.63) is 29.8 Å². The highest BCUT2D eigenvalue weighted by Gasteiger charge is 2.14. The smallest absolute Gasteiger partial charge is 0.315 e. The van der Waals surface area contributed by atoms with Crippen molar-refractivity contribution in [1.29, 1.82) is 5.26 Å². The molecule has 0 aliphatic heterocycles. The van der Waals surface area contributed by atoms with Crippen LogP contribution in [-0.2, 0) is 4.79 Å². The number of halogens is 2. The van der Waals surface area contributed by atoms with Crippen molar-refractivity contribution in [2.24, 2.45) is 0 Å². The van der Waals surface area contributed by atoms with E-state index in [-0.39, 0.29) is 5.69 Å². The molecule has 0 atom stereocenters. The summed E-state index contributed by atoms with van der Waals surface area (Å²) in [6, 6.07) is 7.59. The van der Waals surface area contributed by atoms with Crippen LogP contribution in [0.15, 0.2) is 24.3 Å². The molecule has 1 amide bonds. The molecule has 0 saturated carbocycles. The number of carbonyl (C=O) groups is 1. The van der Waals surface area contributed by atoms with E-state index in [1.807, 2.05) is 11.4 Å². The monoisotopic (exact) mass is 196 g/mol. The molecule has 1 aromatic rings. The summed E-state index contributed by atoms with van der Waals surface area (Å²) >= 11 is 0. The number of nitriles is 1. The van der Waals surface area contributed by atoms with Gasteiger partial charge in [0.1, 0.15) is 0 Å². The van der Waals surface area contributed by atoms with Crippen LogP contribution < -0.4 is 5.32 Å². The van der Waals surface area contributed by atoms with E-state index in [4.69, 9.17) is 5.26 Å². The quantitative estimate of drug-likeness (QED) is 0.783. The number of nitrogens with one attached hydrogen (secondary N) is 1. The van der Waals surface area contributed by atoms with Gasteiger partial charge < -0.3 is 5.32 Å². The van der Waals surface area contributed by atoms with Crippen LogP contribution >= 0.6 is 0 Å². The van der Waals surface area contributed by atoms with Gasteiger partial charge in [0.05, 0.1) is 11.6 Å². The Morgan fingerprint density at radius 2 is 2.21 bits per heavy atom. The molecule has 0 aliphatic carbocycles. The van der Waals surface area contributed by atoms with Crippen molar-refractivity contribution >= 4 is 11.6 Å². The summed E-state index contributed by atoms with van der Waals surface area (Å²) in [4.78, 5) is 10.6. The molecule has 0 spiro atoms. The largest absolute Gasteiger partial charge is 0.321 e. The summed E-state index contributed by atoms with van der Waals surface area (Å²) in [6.45, 7) is 0. The predicted octanol–water partition coefficient (Wildman–Crippen LogP) is 1.76. The standard InChI is InChI=1S/C9H6F2N2O/c10-8(11)9(14)13-7-3-1-2-6(4-7)5-12/h1-4,8H,(H,13,14). The highest BCUT2D eigenvalue weighted by atomic mass is 19.3. The van der Waals surface area contributed by atoms with Crippen molar-refractivity contribution in [2.45, 2.75) is 6.43 Å². The Hall–Kier alpha value is -1.96. The maximum absolute atomic E-state index is 11.8. The van der Waals surface area contributed by atoms with Crippen molar-refractivity contribution in [2.75, 3.05) is 5.32 Å². The SMILES string of the molecule is N#Cc1cccc(NC(=O)C(F)F)c1. The molecule has 3 nitrogen and oxygen atoms in total. The molecule has 0 aromatic heterocycles. The van der Waals surface area contributed by atoms with Crippen molar-refractivity contribution < 1.29 is 13.6 Å². The molecule has 0 heterocycles. The van der Waals surface area contributed by atoms with Gasteiger partial charge in [-0.15, -0.1) is 0 Å². The Kier molecular flexibility index (Phi) is 3.13. The summed E-state index contributed by atoms with van der Waals surface area (Å²) in [5, 5.41) is 10.5. The third-order valence-corrected chi connectivity index (χ3v) is 1.46. The first-order chi connectivity index (χ1) is 6.63. The predicted molar refractivity (Wildman–Crippen MR) is 45.8 cm³/mol. The zero-order chi connectivity index (χ0) is 10.6. The number of hydrogen-bond acceptors (Lipinski definition) is 2. The first-order valence-corrected chi connectivity index (χ1v) is 3.72. The lowest BCUT2D eigenvalue weighted by Gasteiger charge is -2.03. The number of anilines is 1. The normalized spacial score (nSPS) is 9.57. The lowest BCUT2D eigenvalue weighted by molar-refractivity contribution is -0.126. The minimum Gasteiger partial charge on any atom is -0.321 e. The summed E-state index contributed by atoms with van der Waals surface area (Å²) in [5.74, 6) is -1.37. The van der Waals surface area contributed by atoms with E-state index in [1.54, 1.807) is 0 Å². The first kappa shape index (κ1) is 10.1. The van der Waals surface area contributed by atoms with Gasteiger partial charge in [0.25, 0.3) is 5.91 Å². The maximum Gasteiger partial charge on any atom is 0.315 e. The number of carbonyl (C=O) groups excluding carboxylic acids is 1. The van der Waals surface area contributed by atoms with Crippen LogP contribution in [0.2, 0.25) is 0 Å². The number of rotatable bonds is 2. The van der Waals surface area contributed by atoms with Crippen LogP contribution in [0.4, 0.5) is 14.5 Å². The third kappa shape index (κ3) is 2.52. The first-order valence-electron chi connectivity index (χ1n) is 3.72. The number of hydrogen-bond donors (Lipinski definition) is 1. The van der Waals surface area contributed by atoms with E-state index >= 15 is 0 Å². The Labute approximate surface area is 79.0 Å². The van der Waals surface area contributed by atoms with E-state index in [2.05, 4.69) is 0 Å². The highest BCUT2D eigenvalue weighted by molar-refractivity contribution is 5.93. The summed E-state index contributed by atoms with van der Waals surface area (Å²) in [5.41, 5.74) is 0.492. The molecule has 5 heteroatoms. The Balaban J connectivity index is 2.78. The van der Waals surface area contributed by atoms with E-state index in [0.29, 0.717) is 5.56 Å². The summed E-state index contributed by atoms with van der Waals surface area (Å²) in [6.07, 6.45) is -3.05. The highest BCUT2D eigenvalue weighted by Crippen LogP contribution is 2.10. The van der Waals surface area contributed by atoms with Crippen LogP contribution in [0.5, 0.6) is 0 Å². The van der Waals surface area contributed by atoms with Gasteiger partial charge in [0.2, 0.25) is 0 Å². The molecular weight excluding hydrogens is 190 g/mol. The molecule has 0 fully saturated rings. The molecule has 0 unspecified atom stereocenters. The number of amides is 1. The minimum atomic E-state index is -3.05. The molecular formula is C9H6F2N2O. The van der Waals surface area contributed by atoms with Crippen LogP contribution in [0.1, 0.15) is 5.56 Å². The molecule has 0 saturated heterocycles. The van der Waals surface area contributed by atoms with E-state index < -0.39 is 12.3 Å². The average Bonchev–Trinajstić information content (AvgIpc) is 2.18. The lowest BCUT2D eigenvalue weighted by Crippen LogP contribution is -2.19. The van der Waals surface area contributed by atoms with Crippen molar-refractivity contribution in [3.8, 4) is 6.07 Å². The Bertz CT molecular complexity index is 385. The van der Waals surface area contributed by atoms with Crippen molar-refractivity contribution in [1.82, 2.24) is 0 Å². The van der Waals surface area contributed by atoms with Crippen LogP contribution in [-0.4, -0.2) is 12.3 Å². The zero-order valence-electron chi connectivity index (χ0n) is 7.00. The molecule has 1 rings (SSSR count). The Morgan fingerprint density at radius 3 is 2.79 bits per heavy atom. The van der Waals surface area contributed by atoms with Gasteiger partial charge in [-0.05, 0) is 18.2 Å². The second-order valence-corrected chi connectivity index (χ2v) is 2.48. The van der Waals surface area contributed by atoms with Gasteiger partial charge in [-0.2, -0.15) is 14.0 Å². The average molecular weight is 196 g/mol. The second-order valence-electron chi connectivity index (χ2n) is 2.48. The number of benzene rings is 1. The molecule has 0 radical (unpaired) electrons. The fourth-order valence-electron chi connectivity index (χ4n) is 0.863. The van der Waals surface area contributed by atoms with Crippen LogP contribution in [0, 0.1) is 11.3 Å². The van der Waals surface area contributed by atoms with Gasteiger partial charge in [-0.1, -0.05) is 6.07 Å². The summed E-state index contributed by atoms with van der Waals surface area (Å²) in [7, 11) is 0. The van der Waals surface area contributed by atoms with Crippen LogP contribution in [0.3, 0.4) is 0 Å². The fraction of sp³-hybridized carbons (Fsp3) is 0.111.